The van der Waals surface area contributed by atoms with Gasteiger partial charge in [0.1, 0.15) is 0 Å². The highest BCUT2D eigenvalue weighted by Gasteiger charge is 2.23. The van der Waals surface area contributed by atoms with Crippen molar-refractivity contribution < 1.29 is 9.53 Å². The van der Waals surface area contributed by atoms with Gasteiger partial charge in [-0.1, -0.05) is 30.3 Å². The molecule has 0 unspecified atom stereocenters. The Labute approximate surface area is 166 Å². The number of hydrogen-bond donors (Lipinski definition) is 1. The topological polar surface area (TPSA) is 63.6 Å². The van der Waals surface area contributed by atoms with Crippen LogP contribution in [0.15, 0.2) is 53.5 Å². The second kappa shape index (κ2) is 10.1. The van der Waals surface area contributed by atoms with Crippen LogP contribution in [0.25, 0.3) is 0 Å². The fourth-order valence-electron chi connectivity index (χ4n) is 3.51. The number of likely N-dealkylation sites (tertiary alicyclic amines) is 1. The van der Waals surface area contributed by atoms with Gasteiger partial charge in [-0.15, -0.1) is 0 Å². The SMILES string of the molecule is CCOC[C@H]1CCCN(C(=O)NCc2ccc(Cn3ccccc3=O)cc2)C1. The number of amides is 2. The average Bonchev–Trinajstić information content (AvgIpc) is 2.73. The van der Waals surface area contributed by atoms with Crippen LogP contribution in [0.4, 0.5) is 4.79 Å². The molecular weight excluding hydrogens is 354 g/mol. The summed E-state index contributed by atoms with van der Waals surface area (Å²) in [5, 5.41) is 3.01. The summed E-state index contributed by atoms with van der Waals surface area (Å²) in [7, 11) is 0. The largest absolute Gasteiger partial charge is 0.381 e. The van der Waals surface area contributed by atoms with Gasteiger partial charge < -0.3 is 19.5 Å². The molecule has 6 nitrogen and oxygen atoms in total. The molecule has 1 N–H and O–H groups in total. The number of carbonyl (C=O) groups excluding carboxylic acids is 1. The predicted octanol–water partition coefficient (Wildman–Crippen LogP) is 2.85. The number of piperidine rings is 1. The predicted molar refractivity (Wildman–Crippen MR) is 109 cm³/mol. The summed E-state index contributed by atoms with van der Waals surface area (Å²) in [4.78, 5) is 26.2. The van der Waals surface area contributed by atoms with Crippen LogP contribution in [-0.2, 0) is 17.8 Å². The van der Waals surface area contributed by atoms with E-state index in [-0.39, 0.29) is 11.6 Å². The molecule has 1 saturated heterocycles. The van der Waals surface area contributed by atoms with Crippen molar-refractivity contribution in [1.29, 1.82) is 0 Å². The van der Waals surface area contributed by atoms with Crippen LogP contribution < -0.4 is 10.9 Å². The first-order chi connectivity index (χ1) is 13.7. The molecular formula is C22H29N3O3. The Balaban J connectivity index is 1.48. The first-order valence-electron chi connectivity index (χ1n) is 9.99. The maximum absolute atomic E-state index is 12.5. The van der Waals surface area contributed by atoms with Crippen LogP contribution in [0.3, 0.4) is 0 Å². The molecule has 0 radical (unpaired) electrons. The van der Waals surface area contributed by atoms with Crippen LogP contribution in [-0.4, -0.2) is 41.8 Å². The summed E-state index contributed by atoms with van der Waals surface area (Å²) in [6.45, 7) is 6.05. The summed E-state index contributed by atoms with van der Waals surface area (Å²) < 4.78 is 7.18. The van der Waals surface area contributed by atoms with Crippen LogP contribution in [0, 0.1) is 5.92 Å². The Kier molecular flexibility index (Phi) is 7.25. The van der Waals surface area contributed by atoms with Crippen molar-refractivity contribution in [3.63, 3.8) is 0 Å². The minimum Gasteiger partial charge on any atom is -0.381 e. The van der Waals surface area contributed by atoms with Crippen molar-refractivity contribution >= 4 is 6.03 Å². The molecule has 1 aromatic heterocycles. The number of carbonyl (C=O) groups is 1. The number of urea groups is 1. The van der Waals surface area contributed by atoms with E-state index in [1.165, 1.54) is 0 Å². The lowest BCUT2D eigenvalue weighted by Crippen LogP contribution is -2.46. The Morgan fingerprint density at radius 1 is 1.18 bits per heavy atom. The number of ether oxygens (including phenoxy) is 1. The lowest BCUT2D eigenvalue weighted by molar-refractivity contribution is 0.0756. The first-order valence-corrected chi connectivity index (χ1v) is 9.99. The molecule has 2 amide bonds. The van der Waals surface area contributed by atoms with Crippen molar-refractivity contribution in [1.82, 2.24) is 14.8 Å². The maximum atomic E-state index is 12.5. The highest BCUT2D eigenvalue weighted by molar-refractivity contribution is 5.74. The maximum Gasteiger partial charge on any atom is 0.317 e. The Bertz CT molecular complexity index is 816. The van der Waals surface area contributed by atoms with E-state index in [1.807, 2.05) is 42.2 Å². The molecule has 28 heavy (non-hydrogen) atoms. The smallest absolute Gasteiger partial charge is 0.317 e. The summed E-state index contributed by atoms with van der Waals surface area (Å²) >= 11 is 0. The second-order valence-electron chi connectivity index (χ2n) is 7.26. The van der Waals surface area contributed by atoms with E-state index >= 15 is 0 Å². The molecule has 0 bridgehead atoms. The van der Waals surface area contributed by atoms with E-state index in [1.54, 1.807) is 22.9 Å². The third kappa shape index (κ3) is 5.70. The molecule has 1 aliphatic heterocycles. The van der Waals surface area contributed by atoms with E-state index < -0.39 is 0 Å². The summed E-state index contributed by atoms with van der Waals surface area (Å²) in [6.07, 6.45) is 3.93. The van der Waals surface area contributed by atoms with E-state index in [4.69, 9.17) is 4.74 Å². The Morgan fingerprint density at radius 3 is 2.71 bits per heavy atom. The standard InChI is InChI=1S/C22H29N3O3/c1-2-28-17-20-6-5-13-25(16-20)22(27)23-14-18-8-10-19(11-9-18)15-24-12-4-3-7-21(24)26/h3-4,7-12,20H,2,5-6,13-17H2,1H3,(H,23,27)/t20-/m0/s1. The molecule has 0 saturated carbocycles. The van der Waals surface area contributed by atoms with Gasteiger partial charge in [-0.05, 0) is 37.0 Å². The fourth-order valence-corrected chi connectivity index (χ4v) is 3.51. The highest BCUT2D eigenvalue weighted by Crippen LogP contribution is 2.17. The third-order valence-corrected chi connectivity index (χ3v) is 5.08. The van der Waals surface area contributed by atoms with Gasteiger partial charge in [0.2, 0.25) is 0 Å². The Hall–Kier alpha value is -2.60. The van der Waals surface area contributed by atoms with Gasteiger partial charge in [-0.25, -0.2) is 4.79 Å². The van der Waals surface area contributed by atoms with Gasteiger partial charge in [0.15, 0.2) is 0 Å². The third-order valence-electron chi connectivity index (χ3n) is 5.08. The monoisotopic (exact) mass is 383 g/mol. The van der Waals surface area contributed by atoms with Gasteiger partial charge >= 0.3 is 6.03 Å². The lowest BCUT2D eigenvalue weighted by Gasteiger charge is -2.32. The molecule has 2 aromatic rings. The van der Waals surface area contributed by atoms with E-state index in [0.29, 0.717) is 19.0 Å². The normalized spacial score (nSPS) is 16.8. The van der Waals surface area contributed by atoms with Gasteiger partial charge in [0.05, 0.1) is 13.2 Å². The number of nitrogens with one attached hydrogen (secondary N) is 1. The van der Waals surface area contributed by atoms with E-state index in [9.17, 15) is 9.59 Å². The minimum atomic E-state index is -0.0129. The summed E-state index contributed by atoms with van der Waals surface area (Å²) in [5.41, 5.74) is 2.08. The highest BCUT2D eigenvalue weighted by atomic mass is 16.5. The van der Waals surface area contributed by atoms with Gasteiger partial charge in [-0.2, -0.15) is 0 Å². The van der Waals surface area contributed by atoms with Crippen LogP contribution >= 0.6 is 0 Å². The van der Waals surface area contributed by atoms with Crippen LogP contribution in [0.5, 0.6) is 0 Å². The molecule has 1 fully saturated rings. The second-order valence-corrected chi connectivity index (χ2v) is 7.26. The quantitative estimate of drug-likeness (QED) is 0.800. The Morgan fingerprint density at radius 2 is 1.96 bits per heavy atom. The molecule has 3 rings (SSSR count). The van der Waals surface area contributed by atoms with Crippen LogP contribution in [0.2, 0.25) is 0 Å². The number of nitrogens with zero attached hydrogens (tertiary/aromatic N) is 2. The molecule has 2 heterocycles. The molecule has 0 aliphatic carbocycles. The van der Waals surface area contributed by atoms with E-state index in [2.05, 4.69) is 5.32 Å². The number of pyridine rings is 1. The van der Waals surface area contributed by atoms with E-state index in [0.717, 1.165) is 50.3 Å². The molecule has 1 aromatic carbocycles. The summed E-state index contributed by atoms with van der Waals surface area (Å²) in [6, 6.07) is 13.1. The number of benzene rings is 1. The molecule has 0 spiro atoms. The molecule has 6 heteroatoms. The molecule has 150 valence electrons. The van der Waals surface area contributed by atoms with Crippen molar-refractivity contribution in [3.8, 4) is 0 Å². The zero-order valence-corrected chi connectivity index (χ0v) is 16.5. The zero-order valence-electron chi connectivity index (χ0n) is 16.5. The van der Waals surface area contributed by atoms with Crippen molar-refractivity contribution in [2.75, 3.05) is 26.3 Å². The molecule has 1 aliphatic rings. The van der Waals surface area contributed by atoms with Gasteiger partial charge in [0.25, 0.3) is 5.56 Å². The average molecular weight is 383 g/mol. The van der Waals surface area contributed by atoms with Crippen LogP contribution in [0.1, 0.15) is 30.9 Å². The minimum absolute atomic E-state index is 0.0111. The molecule has 1 atom stereocenters. The summed E-state index contributed by atoms with van der Waals surface area (Å²) in [5.74, 6) is 0.431. The first kappa shape index (κ1) is 20.1. The lowest BCUT2D eigenvalue weighted by atomic mass is 9.99. The van der Waals surface area contributed by atoms with Crippen molar-refractivity contribution in [2.45, 2.75) is 32.9 Å². The number of rotatable bonds is 7. The zero-order chi connectivity index (χ0) is 19.8. The number of hydrogen-bond acceptors (Lipinski definition) is 3. The number of aromatic nitrogens is 1. The van der Waals surface area contributed by atoms with Gasteiger partial charge in [-0.3, -0.25) is 4.79 Å². The fraction of sp³-hybridized carbons (Fsp3) is 0.455. The van der Waals surface area contributed by atoms with Crippen molar-refractivity contribution in [3.05, 3.63) is 70.1 Å². The van der Waals surface area contributed by atoms with Gasteiger partial charge in [0, 0.05) is 44.4 Å². The van der Waals surface area contributed by atoms with Crippen molar-refractivity contribution in [2.24, 2.45) is 5.92 Å².